The van der Waals surface area contributed by atoms with Crippen LogP contribution < -0.4 is 0 Å². The quantitative estimate of drug-likeness (QED) is 0.816. The molecule has 102 valence electrons. The molecule has 5 heteroatoms. The van der Waals surface area contributed by atoms with Crippen LogP contribution in [0.15, 0.2) is 34.1 Å². The molecule has 0 saturated heterocycles. The van der Waals surface area contributed by atoms with Crippen LogP contribution in [0.2, 0.25) is 0 Å². The van der Waals surface area contributed by atoms with Gasteiger partial charge in [-0.25, -0.2) is 0 Å². The molecule has 0 aliphatic carbocycles. The van der Waals surface area contributed by atoms with Gasteiger partial charge in [0.2, 0.25) is 0 Å². The second kappa shape index (κ2) is 6.54. The van der Waals surface area contributed by atoms with Crippen LogP contribution in [-0.4, -0.2) is 31.1 Å². The first-order valence-corrected chi connectivity index (χ1v) is 6.95. The Hall–Kier alpha value is -1.59. The van der Waals surface area contributed by atoms with Gasteiger partial charge in [-0.2, -0.15) is 0 Å². The number of carbonyl (C=O) groups is 1. The van der Waals surface area contributed by atoms with Crippen LogP contribution in [0.3, 0.4) is 0 Å². The van der Waals surface area contributed by atoms with Gasteiger partial charge in [0.15, 0.2) is 0 Å². The number of furan rings is 1. The van der Waals surface area contributed by atoms with Crippen LogP contribution >= 0.6 is 11.3 Å². The fourth-order valence-electron chi connectivity index (χ4n) is 1.77. The zero-order valence-electron chi connectivity index (χ0n) is 11.1. The highest BCUT2D eigenvalue weighted by atomic mass is 32.1. The molecule has 0 fully saturated rings. The molecule has 0 aliphatic rings. The lowest BCUT2D eigenvalue weighted by Gasteiger charge is -2.20. The number of amides is 1. The largest absolute Gasteiger partial charge is 0.464 e. The summed E-state index contributed by atoms with van der Waals surface area (Å²) < 4.78 is 10.6. The summed E-state index contributed by atoms with van der Waals surface area (Å²) in [6, 6.07) is 7.51. The summed E-state index contributed by atoms with van der Waals surface area (Å²) >= 11 is 1.45. The third-order valence-electron chi connectivity index (χ3n) is 2.73. The van der Waals surface area contributed by atoms with Crippen LogP contribution in [0.1, 0.15) is 21.2 Å². The maximum absolute atomic E-state index is 12.4. The zero-order chi connectivity index (χ0) is 13.7. The van der Waals surface area contributed by atoms with Gasteiger partial charge >= 0.3 is 0 Å². The number of hydrogen-bond donors (Lipinski definition) is 0. The average molecular weight is 279 g/mol. The smallest absolute Gasteiger partial charge is 0.264 e. The van der Waals surface area contributed by atoms with Crippen LogP contribution in [0, 0.1) is 6.92 Å². The van der Waals surface area contributed by atoms with Gasteiger partial charge in [-0.15, -0.1) is 11.3 Å². The number of aryl methyl sites for hydroxylation is 1. The summed E-state index contributed by atoms with van der Waals surface area (Å²) in [5.74, 6) is 1.66. The van der Waals surface area contributed by atoms with E-state index in [2.05, 4.69) is 0 Å². The summed E-state index contributed by atoms with van der Waals surface area (Å²) in [7, 11) is 1.63. The van der Waals surface area contributed by atoms with E-state index in [1.54, 1.807) is 12.0 Å². The van der Waals surface area contributed by atoms with Gasteiger partial charge in [0.05, 0.1) is 18.0 Å². The standard InChI is InChI=1S/C14H17NO3S/c1-11-5-6-12(18-11)10-15(7-8-17-2)14(16)13-4-3-9-19-13/h3-6,9H,7-8,10H2,1-2H3. The molecule has 0 unspecified atom stereocenters. The fourth-order valence-corrected chi connectivity index (χ4v) is 2.46. The first-order chi connectivity index (χ1) is 9.20. The second-order valence-corrected chi connectivity index (χ2v) is 5.16. The Bertz CT molecular complexity index is 519. The average Bonchev–Trinajstić information content (AvgIpc) is 3.05. The molecular weight excluding hydrogens is 262 g/mol. The normalized spacial score (nSPS) is 10.6. The van der Waals surface area contributed by atoms with Crippen molar-refractivity contribution >= 4 is 17.2 Å². The lowest BCUT2D eigenvalue weighted by Crippen LogP contribution is -2.32. The predicted molar refractivity (Wildman–Crippen MR) is 74.4 cm³/mol. The summed E-state index contributed by atoms with van der Waals surface area (Å²) in [5, 5.41) is 1.90. The van der Waals surface area contributed by atoms with Crippen molar-refractivity contribution in [1.82, 2.24) is 4.90 Å². The molecule has 0 atom stereocenters. The molecule has 1 amide bonds. The number of carbonyl (C=O) groups excluding carboxylic acids is 1. The summed E-state index contributed by atoms with van der Waals surface area (Å²) in [6.07, 6.45) is 0. The number of ether oxygens (including phenoxy) is 1. The summed E-state index contributed by atoms with van der Waals surface area (Å²) in [4.78, 5) is 14.8. The molecule has 2 aromatic rings. The summed E-state index contributed by atoms with van der Waals surface area (Å²) in [5.41, 5.74) is 0. The highest BCUT2D eigenvalue weighted by Crippen LogP contribution is 2.15. The molecule has 0 saturated carbocycles. The monoisotopic (exact) mass is 279 g/mol. The Morgan fingerprint density at radius 1 is 1.42 bits per heavy atom. The van der Waals surface area contributed by atoms with Crippen molar-refractivity contribution < 1.29 is 13.9 Å². The Labute approximate surface area is 116 Å². The van der Waals surface area contributed by atoms with Gasteiger partial charge in [-0.05, 0) is 30.5 Å². The number of nitrogens with zero attached hydrogens (tertiary/aromatic N) is 1. The maximum Gasteiger partial charge on any atom is 0.264 e. The van der Waals surface area contributed by atoms with Gasteiger partial charge in [0.25, 0.3) is 5.91 Å². The minimum absolute atomic E-state index is 0.0149. The molecular formula is C14H17NO3S. The zero-order valence-corrected chi connectivity index (χ0v) is 11.9. The van der Waals surface area contributed by atoms with Crippen LogP contribution in [0.25, 0.3) is 0 Å². The van der Waals surface area contributed by atoms with Gasteiger partial charge in [0, 0.05) is 13.7 Å². The van der Waals surface area contributed by atoms with Crippen LogP contribution in [0.4, 0.5) is 0 Å². The van der Waals surface area contributed by atoms with E-state index < -0.39 is 0 Å². The van der Waals surface area contributed by atoms with E-state index in [1.807, 2.05) is 36.6 Å². The van der Waals surface area contributed by atoms with E-state index in [1.165, 1.54) is 11.3 Å². The molecule has 4 nitrogen and oxygen atoms in total. The van der Waals surface area contributed by atoms with E-state index in [0.29, 0.717) is 19.7 Å². The SMILES string of the molecule is COCCN(Cc1ccc(C)o1)C(=O)c1cccs1. The second-order valence-electron chi connectivity index (χ2n) is 4.21. The van der Waals surface area contributed by atoms with E-state index >= 15 is 0 Å². The molecule has 2 heterocycles. The molecule has 0 spiro atoms. The number of rotatable bonds is 6. The van der Waals surface area contributed by atoms with E-state index in [9.17, 15) is 4.79 Å². The summed E-state index contributed by atoms with van der Waals surface area (Å²) in [6.45, 7) is 3.42. The van der Waals surface area contributed by atoms with Crippen molar-refractivity contribution in [3.63, 3.8) is 0 Å². The first-order valence-electron chi connectivity index (χ1n) is 6.07. The number of hydrogen-bond acceptors (Lipinski definition) is 4. The Morgan fingerprint density at radius 2 is 2.26 bits per heavy atom. The Kier molecular flexibility index (Phi) is 4.76. The fraction of sp³-hybridized carbons (Fsp3) is 0.357. The van der Waals surface area contributed by atoms with Gasteiger partial charge < -0.3 is 14.1 Å². The molecule has 2 aromatic heterocycles. The number of thiophene rings is 1. The molecule has 0 radical (unpaired) electrons. The van der Waals surface area contributed by atoms with E-state index in [4.69, 9.17) is 9.15 Å². The van der Waals surface area contributed by atoms with Gasteiger partial charge in [-0.1, -0.05) is 6.07 Å². The Balaban J connectivity index is 2.09. The first kappa shape index (κ1) is 13.8. The minimum atomic E-state index is 0.0149. The van der Waals surface area contributed by atoms with Crippen LogP contribution in [-0.2, 0) is 11.3 Å². The van der Waals surface area contributed by atoms with Gasteiger partial charge in [0.1, 0.15) is 11.5 Å². The predicted octanol–water partition coefficient (Wildman–Crippen LogP) is 2.94. The molecule has 0 aliphatic heterocycles. The van der Waals surface area contributed by atoms with Crippen molar-refractivity contribution in [2.24, 2.45) is 0 Å². The molecule has 0 aromatic carbocycles. The lowest BCUT2D eigenvalue weighted by atomic mass is 10.3. The minimum Gasteiger partial charge on any atom is -0.464 e. The third-order valence-corrected chi connectivity index (χ3v) is 3.59. The molecule has 0 bridgehead atoms. The van der Waals surface area contributed by atoms with Crippen molar-refractivity contribution in [2.75, 3.05) is 20.3 Å². The topological polar surface area (TPSA) is 42.7 Å². The van der Waals surface area contributed by atoms with Crippen molar-refractivity contribution in [3.05, 3.63) is 46.0 Å². The molecule has 0 N–H and O–H groups in total. The number of methoxy groups -OCH3 is 1. The highest BCUT2D eigenvalue weighted by Gasteiger charge is 2.18. The molecule has 19 heavy (non-hydrogen) atoms. The lowest BCUT2D eigenvalue weighted by molar-refractivity contribution is 0.0670. The maximum atomic E-state index is 12.4. The van der Waals surface area contributed by atoms with Crippen molar-refractivity contribution in [1.29, 1.82) is 0 Å². The van der Waals surface area contributed by atoms with Crippen LogP contribution in [0.5, 0.6) is 0 Å². The van der Waals surface area contributed by atoms with E-state index in [0.717, 1.165) is 16.4 Å². The van der Waals surface area contributed by atoms with Crippen molar-refractivity contribution in [2.45, 2.75) is 13.5 Å². The highest BCUT2D eigenvalue weighted by molar-refractivity contribution is 7.12. The molecule has 2 rings (SSSR count). The van der Waals surface area contributed by atoms with E-state index in [-0.39, 0.29) is 5.91 Å². The van der Waals surface area contributed by atoms with Gasteiger partial charge in [-0.3, -0.25) is 4.79 Å². The third kappa shape index (κ3) is 3.68. The Morgan fingerprint density at radius 3 is 2.84 bits per heavy atom. The van der Waals surface area contributed by atoms with Crippen molar-refractivity contribution in [3.8, 4) is 0 Å².